The van der Waals surface area contributed by atoms with E-state index in [1.807, 2.05) is 0 Å². The topological polar surface area (TPSA) is 38.3 Å². The zero-order valence-corrected chi connectivity index (χ0v) is 11.8. The molecule has 3 nitrogen and oxygen atoms in total. The summed E-state index contributed by atoms with van der Waals surface area (Å²) in [4.78, 5) is 12.1. The lowest BCUT2D eigenvalue weighted by atomic mass is 10.2. The summed E-state index contributed by atoms with van der Waals surface area (Å²) < 4.78 is 44.2. The molecule has 22 heavy (non-hydrogen) atoms. The average Bonchev–Trinajstić information content (AvgIpc) is 2.50. The summed E-state index contributed by atoms with van der Waals surface area (Å²) in [6.45, 7) is 1.74. The SMILES string of the molecule is CCC(Oc1ccc(F)cc1)C(=O)Nc1ccc(F)c(F)c1. The summed E-state index contributed by atoms with van der Waals surface area (Å²) in [6, 6.07) is 8.31. The van der Waals surface area contributed by atoms with Crippen molar-refractivity contribution in [2.75, 3.05) is 5.32 Å². The predicted molar refractivity (Wildman–Crippen MR) is 76.1 cm³/mol. The quantitative estimate of drug-likeness (QED) is 0.909. The molecule has 1 N–H and O–H groups in total. The van der Waals surface area contributed by atoms with Crippen molar-refractivity contribution in [1.82, 2.24) is 0 Å². The number of halogens is 3. The smallest absolute Gasteiger partial charge is 0.265 e. The second-order valence-electron chi connectivity index (χ2n) is 4.59. The van der Waals surface area contributed by atoms with Crippen LogP contribution in [0.5, 0.6) is 5.75 Å². The number of carbonyl (C=O) groups is 1. The normalized spacial score (nSPS) is 11.8. The Bertz CT molecular complexity index is 659. The molecule has 1 unspecified atom stereocenters. The molecule has 0 aliphatic heterocycles. The Kier molecular flexibility index (Phi) is 5.04. The fourth-order valence-corrected chi connectivity index (χ4v) is 1.80. The molecular formula is C16H14F3NO2. The number of nitrogens with one attached hydrogen (secondary N) is 1. The van der Waals surface area contributed by atoms with Gasteiger partial charge in [-0.1, -0.05) is 6.92 Å². The van der Waals surface area contributed by atoms with Crippen molar-refractivity contribution < 1.29 is 22.7 Å². The molecule has 0 saturated heterocycles. The number of anilines is 1. The van der Waals surface area contributed by atoms with E-state index in [1.165, 1.54) is 30.3 Å². The van der Waals surface area contributed by atoms with Crippen molar-refractivity contribution in [3.8, 4) is 5.75 Å². The van der Waals surface area contributed by atoms with Gasteiger partial charge in [-0.25, -0.2) is 13.2 Å². The van der Waals surface area contributed by atoms with Gasteiger partial charge in [-0.3, -0.25) is 4.79 Å². The molecular weight excluding hydrogens is 295 g/mol. The highest BCUT2D eigenvalue weighted by atomic mass is 19.2. The summed E-state index contributed by atoms with van der Waals surface area (Å²) in [5.74, 6) is -2.61. The minimum Gasteiger partial charge on any atom is -0.481 e. The van der Waals surface area contributed by atoms with Crippen molar-refractivity contribution in [3.05, 3.63) is 59.9 Å². The Labute approximate surface area is 125 Å². The van der Waals surface area contributed by atoms with Gasteiger partial charge in [0.05, 0.1) is 0 Å². The number of hydrogen-bond donors (Lipinski definition) is 1. The Balaban J connectivity index is 2.04. The van der Waals surface area contributed by atoms with Crippen LogP contribution in [0.4, 0.5) is 18.9 Å². The molecule has 0 aliphatic rings. The van der Waals surface area contributed by atoms with Gasteiger partial charge in [0.2, 0.25) is 0 Å². The molecule has 1 atom stereocenters. The Hall–Kier alpha value is -2.50. The van der Waals surface area contributed by atoms with Gasteiger partial charge in [0.25, 0.3) is 5.91 Å². The van der Waals surface area contributed by atoms with Crippen LogP contribution in [0.15, 0.2) is 42.5 Å². The lowest BCUT2D eigenvalue weighted by Gasteiger charge is -2.17. The van der Waals surface area contributed by atoms with Gasteiger partial charge in [-0.2, -0.15) is 0 Å². The third-order valence-corrected chi connectivity index (χ3v) is 2.94. The standard InChI is InChI=1S/C16H14F3NO2/c1-2-15(22-12-6-3-10(17)4-7-12)16(21)20-11-5-8-13(18)14(19)9-11/h3-9,15H,2H2,1H3,(H,20,21). The summed E-state index contributed by atoms with van der Waals surface area (Å²) in [5.41, 5.74) is 0.130. The highest BCUT2D eigenvalue weighted by molar-refractivity contribution is 5.94. The number of benzene rings is 2. The minimum absolute atomic E-state index is 0.130. The average molecular weight is 309 g/mol. The van der Waals surface area contributed by atoms with E-state index in [-0.39, 0.29) is 5.69 Å². The Morgan fingerprint density at radius 1 is 1.09 bits per heavy atom. The van der Waals surface area contributed by atoms with Crippen LogP contribution in [0.25, 0.3) is 0 Å². The van der Waals surface area contributed by atoms with E-state index < -0.39 is 29.5 Å². The molecule has 0 radical (unpaired) electrons. The zero-order valence-electron chi connectivity index (χ0n) is 11.8. The zero-order chi connectivity index (χ0) is 16.1. The molecule has 6 heteroatoms. The summed E-state index contributed by atoms with van der Waals surface area (Å²) in [5, 5.41) is 2.45. The predicted octanol–water partition coefficient (Wildman–Crippen LogP) is 3.90. The van der Waals surface area contributed by atoms with Crippen LogP contribution in [-0.4, -0.2) is 12.0 Å². The summed E-state index contributed by atoms with van der Waals surface area (Å²) >= 11 is 0. The maximum atomic E-state index is 13.1. The fraction of sp³-hybridized carbons (Fsp3) is 0.188. The highest BCUT2D eigenvalue weighted by Gasteiger charge is 2.19. The van der Waals surface area contributed by atoms with Crippen molar-refractivity contribution in [3.63, 3.8) is 0 Å². The van der Waals surface area contributed by atoms with Crippen LogP contribution in [-0.2, 0) is 4.79 Å². The number of hydrogen-bond acceptors (Lipinski definition) is 2. The van der Waals surface area contributed by atoms with E-state index in [2.05, 4.69) is 5.32 Å². The minimum atomic E-state index is -1.05. The molecule has 1 amide bonds. The maximum Gasteiger partial charge on any atom is 0.265 e. The van der Waals surface area contributed by atoms with E-state index in [1.54, 1.807) is 6.92 Å². The highest BCUT2D eigenvalue weighted by Crippen LogP contribution is 2.17. The first-order chi connectivity index (χ1) is 10.5. The van der Waals surface area contributed by atoms with Gasteiger partial charge in [0.15, 0.2) is 17.7 Å². The third-order valence-electron chi connectivity index (χ3n) is 2.94. The molecule has 0 bridgehead atoms. The molecule has 0 aromatic heterocycles. The van der Waals surface area contributed by atoms with E-state index in [4.69, 9.17) is 4.74 Å². The lowest BCUT2D eigenvalue weighted by Crippen LogP contribution is -2.32. The van der Waals surface area contributed by atoms with Gasteiger partial charge in [0.1, 0.15) is 11.6 Å². The van der Waals surface area contributed by atoms with Crippen LogP contribution >= 0.6 is 0 Å². The van der Waals surface area contributed by atoms with Crippen LogP contribution in [0.1, 0.15) is 13.3 Å². The van der Waals surface area contributed by atoms with Crippen LogP contribution in [0.2, 0.25) is 0 Å². The number of amides is 1. The van der Waals surface area contributed by atoms with Crippen molar-refractivity contribution in [1.29, 1.82) is 0 Å². The van der Waals surface area contributed by atoms with Crippen LogP contribution in [0.3, 0.4) is 0 Å². The van der Waals surface area contributed by atoms with Crippen molar-refractivity contribution in [2.24, 2.45) is 0 Å². The Morgan fingerprint density at radius 2 is 1.77 bits per heavy atom. The number of carbonyl (C=O) groups excluding carboxylic acids is 1. The van der Waals surface area contributed by atoms with Crippen molar-refractivity contribution in [2.45, 2.75) is 19.4 Å². The lowest BCUT2D eigenvalue weighted by molar-refractivity contribution is -0.122. The van der Waals surface area contributed by atoms with Gasteiger partial charge in [0, 0.05) is 11.8 Å². The van der Waals surface area contributed by atoms with Gasteiger partial charge >= 0.3 is 0 Å². The molecule has 0 saturated carbocycles. The third kappa shape index (κ3) is 4.00. The van der Waals surface area contributed by atoms with Gasteiger partial charge in [-0.15, -0.1) is 0 Å². The van der Waals surface area contributed by atoms with E-state index >= 15 is 0 Å². The first-order valence-corrected chi connectivity index (χ1v) is 6.67. The van der Waals surface area contributed by atoms with Gasteiger partial charge < -0.3 is 10.1 Å². The van der Waals surface area contributed by atoms with E-state index in [0.717, 1.165) is 12.1 Å². The number of ether oxygens (including phenoxy) is 1. The largest absolute Gasteiger partial charge is 0.481 e. The number of rotatable bonds is 5. The Morgan fingerprint density at radius 3 is 2.36 bits per heavy atom. The first kappa shape index (κ1) is 15.9. The fourth-order valence-electron chi connectivity index (χ4n) is 1.80. The molecule has 0 spiro atoms. The molecule has 0 heterocycles. The van der Waals surface area contributed by atoms with Crippen molar-refractivity contribution >= 4 is 11.6 Å². The van der Waals surface area contributed by atoms with E-state index in [0.29, 0.717) is 12.2 Å². The summed E-state index contributed by atoms with van der Waals surface area (Å²) in [6.07, 6.45) is -0.481. The van der Waals surface area contributed by atoms with Crippen LogP contribution < -0.4 is 10.1 Å². The van der Waals surface area contributed by atoms with Crippen LogP contribution in [0, 0.1) is 17.5 Å². The molecule has 116 valence electrons. The maximum absolute atomic E-state index is 13.1. The monoisotopic (exact) mass is 309 g/mol. The van der Waals surface area contributed by atoms with Gasteiger partial charge in [-0.05, 0) is 42.8 Å². The molecule has 2 aromatic carbocycles. The van der Waals surface area contributed by atoms with E-state index in [9.17, 15) is 18.0 Å². The molecule has 0 aliphatic carbocycles. The summed E-state index contributed by atoms with van der Waals surface area (Å²) in [7, 11) is 0. The molecule has 2 aromatic rings. The molecule has 2 rings (SSSR count). The first-order valence-electron chi connectivity index (χ1n) is 6.67. The second kappa shape index (κ2) is 6.98. The second-order valence-corrected chi connectivity index (χ2v) is 4.59. The molecule has 0 fully saturated rings.